The molecule has 0 radical (unpaired) electrons. The summed E-state index contributed by atoms with van der Waals surface area (Å²) in [6.07, 6.45) is 1.47. The highest BCUT2D eigenvalue weighted by Gasteiger charge is 2.27. The van der Waals surface area contributed by atoms with Crippen LogP contribution in [0.25, 0.3) is 0 Å². The molecule has 0 aliphatic carbocycles. The zero-order valence-electron chi connectivity index (χ0n) is 11.2. The summed E-state index contributed by atoms with van der Waals surface area (Å²) >= 11 is 0.837. The van der Waals surface area contributed by atoms with Crippen molar-refractivity contribution in [1.82, 2.24) is 20.2 Å². The van der Waals surface area contributed by atoms with Crippen LogP contribution >= 0.6 is 11.3 Å². The van der Waals surface area contributed by atoms with Crippen molar-refractivity contribution in [3.63, 3.8) is 0 Å². The van der Waals surface area contributed by atoms with Crippen LogP contribution in [0.15, 0.2) is 4.34 Å². The van der Waals surface area contributed by atoms with Gasteiger partial charge in [0.2, 0.25) is 15.4 Å². The summed E-state index contributed by atoms with van der Waals surface area (Å²) in [7, 11) is -3.68. The van der Waals surface area contributed by atoms with Crippen molar-refractivity contribution < 1.29 is 13.2 Å². The van der Waals surface area contributed by atoms with Crippen molar-refractivity contribution in [2.45, 2.75) is 43.1 Å². The molecule has 2 unspecified atom stereocenters. The van der Waals surface area contributed by atoms with E-state index in [0.29, 0.717) is 0 Å². The molecule has 20 heavy (non-hydrogen) atoms. The van der Waals surface area contributed by atoms with E-state index in [1.165, 1.54) is 6.92 Å². The molecule has 2 heterocycles. The second kappa shape index (κ2) is 6.12. The van der Waals surface area contributed by atoms with Gasteiger partial charge < -0.3 is 10.6 Å². The Balaban J connectivity index is 2.06. The van der Waals surface area contributed by atoms with E-state index < -0.39 is 10.0 Å². The van der Waals surface area contributed by atoms with E-state index in [2.05, 4.69) is 25.6 Å². The molecular weight excluding hydrogens is 302 g/mol. The average Bonchev–Trinajstić information content (AvgIpc) is 2.76. The highest BCUT2D eigenvalue weighted by Crippen LogP contribution is 2.21. The van der Waals surface area contributed by atoms with Gasteiger partial charge in [0.05, 0.1) is 0 Å². The minimum atomic E-state index is -3.68. The third-order valence-electron chi connectivity index (χ3n) is 2.86. The number of nitrogens with zero attached hydrogens (tertiary/aromatic N) is 2. The largest absolute Gasteiger partial charge is 0.314 e. The van der Waals surface area contributed by atoms with Gasteiger partial charge in [0, 0.05) is 19.0 Å². The maximum Gasteiger partial charge on any atom is 0.270 e. The molecule has 1 amide bonds. The normalized spacial score (nSPS) is 23.5. The summed E-state index contributed by atoms with van der Waals surface area (Å²) in [5.41, 5.74) is 0. The van der Waals surface area contributed by atoms with Gasteiger partial charge in [-0.3, -0.25) is 4.79 Å². The van der Waals surface area contributed by atoms with Gasteiger partial charge in [-0.05, 0) is 26.3 Å². The zero-order chi connectivity index (χ0) is 14.8. The van der Waals surface area contributed by atoms with Crippen LogP contribution in [-0.4, -0.2) is 43.2 Å². The van der Waals surface area contributed by atoms with E-state index in [-0.39, 0.29) is 27.5 Å². The summed E-state index contributed by atoms with van der Waals surface area (Å²) in [5, 5.41) is 13.1. The molecule has 2 atom stereocenters. The minimum absolute atomic E-state index is 0.107. The fourth-order valence-corrected chi connectivity index (χ4v) is 4.27. The second-order valence-electron chi connectivity index (χ2n) is 4.75. The number of anilines is 1. The highest BCUT2D eigenvalue weighted by atomic mass is 32.2. The zero-order valence-corrected chi connectivity index (χ0v) is 12.8. The van der Waals surface area contributed by atoms with Crippen molar-refractivity contribution in [3.8, 4) is 0 Å². The second-order valence-corrected chi connectivity index (χ2v) is 7.62. The summed E-state index contributed by atoms with van der Waals surface area (Å²) < 4.78 is 26.8. The number of hydrogen-bond acceptors (Lipinski definition) is 7. The number of amides is 1. The Labute approximate surface area is 121 Å². The SMILES string of the molecule is CC(=O)Nc1nnc(S(=O)(=O)NC2CCNC(C)C2)s1. The molecule has 1 aliphatic heterocycles. The quantitative estimate of drug-likeness (QED) is 0.669. The van der Waals surface area contributed by atoms with E-state index in [1.807, 2.05) is 6.92 Å². The Bertz CT molecular complexity index is 585. The molecule has 0 saturated carbocycles. The maximum atomic E-state index is 12.2. The minimum Gasteiger partial charge on any atom is -0.314 e. The van der Waals surface area contributed by atoms with Gasteiger partial charge in [-0.15, -0.1) is 10.2 Å². The first kappa shape index (κ1) is 15.3. The van der Waals surface area contributed by atoms with E-state index in [9.17, 15) is 13.2 Å². The van der Waals surface area contributed by atoms with Crippen LogP contribution in [0.5, 0.6) is 0 Å². The Morgan fingerprint density at radius 1 is 1.45 bits per heavy atom. The Hall–Kier alpha value is -1.10. The van der Waals surface area contributed by atoms with Gasteiger partial charge in [-0.2, -0.15) is 0 Å². The summed E-state index contributed by atoms with van der Waals surface area (Å²) in [5.74, 6) is -0.315. The predicted octanol–water partition coefficient (Wildman–Crippen LogP) is -0.0847. The monoisotopic (exact) mass is 319 g/mol. The highest BCUT2D eigenvalue weighted by molar-refractivity contribution is 7.91. The molecule has 0 spiro atoms. The van der Waals surface area contributed by atoms with Crippen LogP contribution in [0, 0.1) is 0 Å². The van der Waals surface area contributed by atoms with Gasteiger partial charge in [-0.25, -0.2) is 13.1 Å². The molecule has 1 fully saturated rings. The Morgan fingerprint density at radius 3 is 2.85 bits per heavy atom. The van der Waals surface area contributed by atoms with E-state index >= 15 is 0 Å². The number of carbonyl (C=O) groups excluding carboxylic acids is 1. The van der Waals surface area contributed by atoms with E-state index in [0.717, 1.165) is 30.7 Å². The van der Waals surface area contributed by atoms with E-state index in [1.54, 1.807) is 0 Å². The molecule has 8 nitrogen and oxygen atoms in total. The van der Waals surface area contributed by atoms with Crippen LogP contribution in [0.1, 0.15) is 26.7 Å². The third kappa shape index (κ3) is 3.95. The topological polar surface area (TPSA) is 113 Å². The molecule has 112 valence electrons. The van der Waals surface area contributed by atoms with Crippen LogP contribution in [0.3, 0.4) is 0 Å². The van der Waals surface area contributed by atoms with Crippen LogP contribution < -0.4 is 15.4 Å². The van der Waals surface area contributed by atoms with Crippen molar-refractivity contribution in [1.29, 1.82) is 0 Å². The summed E-state index contributed by atoms with van der Waals surface area (Å²) in [4.78, 5) is 10.9. The number of rotatable bonds is 4. The number of carbonyl (C=O) groups is 1. The van der Waals surface area contributed by atoms with Gasteiger partial charge >= 0.3 is 0 Å². The summed E-state index contributed by atoms with van der Waals surface area (Å²) in [6.45, 7) is 4.12. The first-order valence-electron chi connectivity index (χ1n) is 6.23. The van der Waals surface area contributed by atoms with Crippen LogP contribution in [-0.2, 0) is 14.8 Å². The van der Waals surface area contributed by atoms with Gasteiger partial charge in [0.1, 0.15) is 0 Å². The lowest BCUT2D eigenvalue weighted by atomic mass is 10.0. The predicted molar refractivity (Wildman–Crippen MR) is 75.0 cm³/mol. The molecule has 1 aromatic heterocycles. The lowest BCUT2D eigenvalue weighted by Gasteiger charge is -2.27. The summed E-state index contributed by atoms with van der Waals surface area (Å²) in [6, 6.07) is 0.171. The number of nitrogens with one attached hydrogen (secondary N) is 3. The first-order valence-corrected chi connectivity index (χ1v) is 8.53. The van der Waals surface area contributed by atoms with Crippen molar-refractivity contribution in [3.05, 3.63) is 0 Å². The molecule has 3 N–H and O–H groups in total. The lowest BCUT2D eigenvalue weighted by Crippen LogP contribution is -2.46. The molecule has 2 rings (SSSR count). The Morgan fingerprint density at radius 2 is 2.20 bits per heavy atom. The molecule has 1 aliphatic rings. The van der Waals surface area contributed by atoms with Crippen molar-refractivity contribution in [2.24, 2.45) is 0 Å². The third-order valence-corrected chi connectivity index (χ3v) is 5.59. The van der Waals surface area contributed by atoms with Gasteiger partial charge in [0.25, 0.3) is 10.0 Å². The number of aromatic nitrogens is 2. The molecular formula is C10H17N5O3S2. The van der Waals surface area contributed by atoms with Gasteiger partial charge in [0.15, 0.2) is 0 Å². The fourth-order valence-electron chi connectivity index (χ4n) is 2.03. The number of piperidine rings is 1. The maximum absolute atomic E-state index is 12.2. The molecule has 0 bridgehead atoms. The number of hydrogen-bond donors (Lipinski definition) is 3. The molecule has 1 saturated heterocycles. The molecule has 10 heteroatoms. The standard InChI is InChI=1S/C10H17N5O3S2/c1-6-5-8(3-4-11-6)15-20(17,18)10-14-13-9(19-10)12-7(2)16/h6,8,11,15H,3-5H2,1-2H3,(H,12,13,16). The van der Waals surface area contributed by atoms with E-state index in [4.69, 9.17) is 0 Å². The van der Waals surface area contributed by atoms with Gasteiger partial charge in [-0.1, -0.05) is 11.3 Å². The Kier molecular flexibility index (Phi) is 4.68. The van der Waals surface area contributed by atoms with Crippen LogP contribution in [0.4, 0.5) is 5.13 Å². The smallest absolute Gasteiger partial charge is 0.270 e. The average molecular weight is 319 g/mol. The van der Waals surface area contributed by atoms with Crippen molar-refractivity contribution >= 4 is 32.4 Å². The molecule has 0 aromatic carbocycles. The lowest BCUT2D eigenvalue weighted by molar-refractivity contribution is -0.114. The first-order chi connectivity index (χ1) is 9.37. The number of sulfonamides is 1. The van der Waals surface area contributed by atoms with Crippen molar-refractivity contribution in [2.75, 3.05) is 11.9 Å². The fraction of sp³-hybridized carbons (Fsp3) is 0.700. The van der Waals surface area contributed by atoms with Crippen LogP contribution in [0.2, 0.25) is 0 Å². The molecule has 1 aromatic rings.